The molecule has 0 saturated carbocycles. The Balaban J connectivity index is 1.77. The summed E-state index contributed by atoms with van der Waals surface area (Å²) in [6, 6.07) is 2.79. The number of fused-ring (bicyclic) bond motifs is 1. The quantitative estimate of drug-likeness (QED) is 0.837. The molecule has 0 aromatic carbocycles. The maximum atomic E-state index is 6.13. The number of likely N-dealkylation sites (tertiary alicyclic amines) is 1. The van der Waals surface area contributed by atoms with E-state index in [-0.39, 0.29) is 0 Å². The molecular formula is C15H24N4. The Morgan fingerprint density at radius 2 is 2.16 bits per heavy atom. The van der Waals surface area contributed by atoms with Gasteiger partial charge in [0.25, 0.3) is 0 Å². The molecule has 3 heterocycles. The zero-order valence-corrected chi connectivity index (χ0v) is 12.0. The van der Waals surface area contributed by atoms with E-state index in [1.54, 1.807) is 0 Å². The zero-order chi connectivity index (χ0) is 13.4. The minimum atomic E-state index is 0.761. The number of hydrogen-bond donors (Lipinski definition) is 1. The van der Waals surface area contributed by atoms with Crippen LogP contribution in [0.15, 0.2) is 12.3 Å². The number of aryl methyl sites for hydroxylation is 1. The highest BCUT2D eigenvalue weighted by atomic mass is 15.2. The summed E-state index contributed by atoms with van der Waals surface area (Å²) >= 11 is 0. The largest absolute Gasteiger partial charge is 0.396 e. The monoisotopic (exact) mass is 260 g/mol. The number of anilines is 2. The molecule has 0 aliphatic carbocycles. The van der Waals surface area contributed by atoms with Crippen molar-refractivity contribution in [3.8, 4) is 0 Å². The van der Waals surface area contributed by atoms with Crippen LogP contribution in [0.5, 0.6) is 0 Å². The van der Waals surface area contributed by atoms with Gasteiger partial charge in [-0.2, -0.15) is 0 Å². The van der Waals surface area contributed by atoms with Crippen molar-refractivity contribution in [1.29, 1.82) is 0 Å². The lowest BCUT2D eigenvalue weighted by atomic mass is 9.84. The normalized spacial score (nSPS) is 28.2. The fourth-order valence-corrected chi connectivity index (χ4v) is 3.69. The molecule has 2 saturated heterocycles. The summed E-state index contributed by atoms with van der Waals surface area (Å²) < 4.78 is 0. The number of nitrogens with zero attached hydrogens (tertiary/aromatic N) is 3. The van der Waals surface area contributed by atoms with Crippen LogP contribution in [0, 0.1) is 12.8 Å². The molecule has 0 amide bonds. The fourth-order valence-electron chi connectivity index (χ4n) is 3.69. The smallest absolute Gasteiger partial charge is 0.151 e. The molecule has 2 N–H and O–H groups in total. The molecule has 0 bridgehead atoms. The first-order valence-electron chi connectivity index (χ1n) is 7.32. The van der Waals surface area contributed by atoms with E-state index in [1.807, 2.05) is 19.2 Å². The van der Waals surface area contributed by atoms with Crippen LogP contribution >= 0.6 is 0 Å². The summed E-state index contributed by atoms with van der Waals surface area (Å²) in [7, 11) is 2.27. The van der Waals surface area contributed by atoms with Crippen LogP contribution < -0.4 is 10.6 Å². The van der Waals surface area contributed by atoms with Crippen molar-refractivity contribution in [2.75, 3.05) is 37.3 Å². The number of nitrogens with two attached hydrogens (primary N) is 1. The minimum absolute atomic E-state index is 0.761. The lowest BCUT2D eigenvalue weighted by Crippen LogP contribution is -2.53. The van der Waals surface area contributed by atoms with E-state index in [4.69, 9.17) is 5.73 Å². The van der Waals surface area contributed by atoms with Crippen molar-refractivity contribution in [3.63, 3.8) is 0 Å². The number of aromatic nitrogens is 1. The van der Waals surface area contributed by atoms with Crippen LogP contribution in [-0.4, -0.2) is 42.6 Å². The van der Waals surface area contributed by atoms with Crippen molar-refractivity contribution in [1.82, 2.24) is 9.88 Å². The van der Waals surface area contributed by atoms with Crippen LogP contribution in [-0.2, 0) is 0 Å². The summed E-state index contributed by atoms with van der Waals surface area (Å²) in [5, 5.41) is 0. The summed E-state index contributed by atoms with van der Waals surface area (Å²) in [6.07, 6.45) is 5.82. The van der Waals surface area contributed by atoms with E-state index in [1.165, 1.54) is 25.8 Å². The maximum absolute atomic E-state index is 6.13. The molecule has 0 radical (unpaired) electrons. The molecule has 2 aliphatic heterocycles. The Kier molecular flexibility index (Phi) is 3.35. The van der Waals surface area contributed by atoms with Gasteiger partial charge < -0.3 is 15.5 Å². The third kappa shape index (κ3) is 2.41. The third-order valence-corrected chi connectivity index (χ3v) is 4.68. The molecule has 2 atom stereocenters. The predicted molar refractivity (Wildman–Crippen MR) is 79.4 cm³/mol. The van der Waals surface area contributed by atoms with Gasteiger partial charge >= 0.3 is 0 Å². The molecule has 4 nitrogen and oxygen atoms in total. The molecule has 0 spiro atoms. The minimum Gasteiger partial charge on any atom is -0.396 e. The summed E-state index contributed by atoms with van der Waals surface area (Å²) in [4.78, 5) is 9.47. The molecule has 2 fully saturated rings. The molecule has 1 aromatic heterocycles. The molecular weight excluding hydrogens is 236 g/mol. The lowest BCUT2D eigenvalue weighted by molar-refractivity contribution is 0.102. The Hall–Kier alpha value is -1.29. The van der Waals surface area contributed by atoms with Gasteiger partial charge in [0.2, 0.25) is 0 Å². The van der Waals surface area contributed by atoms with Gasteiger partial charge in [-0.1, -0.05) is 0 Å². The van der Waals surface area contributed by atoms with Gasteiger partial charge in [0.15, 0.2) is 5.82 Å². The Morgan fingerprint density at radius 1 is 1.32 bits per heavy atom. The standard InChI is InChI=1S/C15H24N4/c1-11-8-13(16)15(17-9-11)19-7-5-14-12(10-19)4-3-6-18(14)2/h8-9,12,14H,3-7,10,16H2,1-2H3. The van der Waals surface area contributed by atoms with E-state index < -0.39 is 0 Å². The molecule has 2 aliphatic rings. The maximum Gasteiger partial charge on any atom is 0.151 e. The van der Waals surface area contributed by atoms with Crippen molar-refractivity contribution in [3.05, 3.63) is 17.8 Å². The van der Waals surface area contributed by atoms with Gasteiger partial charge in [-0.15, -0.1) is 0 Å². The zero-order valence-electron chi connectivity index (χ0n) is 12.0. The molecule has 4 heteroatoms. The van der Waals surface area contributed by atoms with E-state index in [0.29, 0.717) is 0 Å². The Labute approximate surface area is 115 Å². The molecule has 19 heavy (non-hydrogen) atoms. The van der Waals surface area contributed by atoms with Gasteiger partial charge in [0.05, 0.1) is 5.69 Å². The number of rotatable bonds is 1. The van der Waals surface area contributed by atoms with Gasteiger partial charge in [0, 0.05) is 25.3 Å². The highest BCUT2D eigenvalue weighted by molar-refractivity contribution is 5.63. The van der Waals surface area contributed by atoms with Crippen LogP contribution in [0.2, 0.25) is 0 Å². The Morgan fingerprint density at radius 3 is 2.95 bits per heavy atom. The van der Waals surface area contributed by atoms with E-state index in [9.17, 15) is 0 Å². The average Bonchev–Trinajstić information content (AvgIpc) is 2.38. The van der Waals surface area contributed by atoms with Crippen LogP contribution in [0.3, 0.4) is 0 Å². The lowest BCUT2D eigenvalue weighted by Gasteiger charge is -2.46. The topological polar surface area (TPSA) is 45.4 Å². The highest BCUT2D eigenvalue weighted by Gasteiger charge is 2.34. The SMILES string of the molecule is Cc1cnc(N2CCC3C(CCCN3C)C2)c(N)c1. The first-order valence-corrected chi connectivity index (χ1v) is 7.32. The van der Waals surface area contributed by atoms with Gasteiger partial charge in [0.1, 0.15) is 0 Å². The molecule has 3 rings (SSSR count). The molecule has 104 valence electrons. The predicted octanol–water partition coefficient (Wildman–Crippen LogP) is 1.89. The summed E-state index contributed by atoms with van der Waals surface area (Å²) in [6.45, 7) is 5.47. The first-order chi connectivity index (χ1) is 9.15. The van der Waals surface area contributed by atoms with Crippen molar-refractivity contribution in [2.24, 2.45) is 5.92 Å². The van der Waals surface area contributed by atoms with Gasteiger partial charge in [-0.3, -0.25) is 0 Å². The highest BCUT2D eigenvalue weighted by Crippen LogP contribution is 2.33. The molecule has 1 aromatic rings. The van der Waals surface area contributed by atoms with E-state index in [0.717, 1.165) is 42.1 Å². The van der Waals surface area contributed by atoms with Gasteiger partial charge in [-0.25, -0.2) is 4.98 Å². The average molecular weight is 260 g/mol. The van der Waals surface area contributed by atoms with Crippen molar-refractivity contribution >= 4 is 11.5 Å². The third-order valence-electron chi connectivity index (χ3n) is 4.68. The Bertz CT molecular complexity index is 459. The van der Waals surface area contributed by atoms with Crippen LogP contribution in [0.1, 0.15) is 24.8 Å². The van der Waals surface area contributed by atoms with E-state index in [2.05, 4.69) is 21.8 Å². The van der Waals surface area contributed by atoms with Crippen molar-refractivity contribution in [2.45, 2.75) is 32.2 Å². The fraction of sp³-hybridized carbons (Fsp3) is 0.667. The van der Waals surface area contributed by atoms with Crippen molar-refractivity contribution < 1.29 is 0 Å². The number of piperidine rings is 2. The second-order valence-corrected chi connectivity index (χ2v) is 6.11. The first kappa shape index (κ1) is 12.7. The van der Waals surface area contributed by atoms with Crippen LogP contribution in [0.25, 0.3) is 0 Å². The van der Waals surface area contributed by atoms with E-state index >= 15 is 0 Å². The summed E-state index contributed by atoms with van der Waals surface area (Å²) in [5.74, 6) is 1.76. The van der Waals surface area contributed by atoms with Crippen LogP contribution in [0.4, 0.5) is 11.5 Å². The number of pyridine rings is 1. The molecule has 2 unspecified atom stereocenters. The second-order valence-electron chi connectivity index (χ2n) is 6.11. The number of nitrogen functional groups attached to an aromatic ring is 1. The number of hydrogen-bond acceptors (Lipinski definition) is 4. The van der Waals surface area contributed by atoms with Gasteiger partial charge in [-0.05, 0) is 57.3 Å². The second kappa shape index (κ2) is 5.00. The summed E-state index contributed by atoms with van der Waals surface area (Å²) in [5.41, 5.74) is 8.09.